The highest BCUT2D eigenvalue weighted by Gasteiger charge is 2.41. The van der Waals surface area contributed by atoms with Crippen molar-refractivity contribution in [3.63, 3.8) is 0 Å². The van der Waals surface area contributed by atoms with Crippen LogP contribution >= 0.6 is 23.4 Å². The SMILES string of the molecule is CCOc1ccccc1NC1=C(Sc2ccc(C)cc2)C(=O)N(c2ccccc2Cl)C1=O. The van der Waals surface area contributed by atoms with Gasteiger partial charge in [0.05, 0.1) is 23.0 Å². The van der Waals surface area contributed by atoms with E-state index in [4.69, 9.17) is 16.3 Å². The molecule has 32 heavy (non-hydrogen) atoms. The molecule has 0 bridgehead atoms. The molecule has 0 aromatic heterocycles. The summed E-state index contributed by atoms with van der Waals surface area (Å²) in [5.41, 5.74) is 2.25. The molecule has 7 heteroatoms. The van der Waals surface area contributed by atoms with Gasteiger partial charge in [-0.2, -0.15) is 0 Å². The van der Waals surface area contributed by atoms with Crippen LogP contribution in [0.3, 0.4) is 0 Å². The highest BCUT2D eigenvalue weighted by Crippen LogP contribution is 2.40. The van der Waals surface area contributed by atoms with Gasteiger partial charge in [-0.15, -0.1) is 0 Å². The molecule has 0 atom stereocenters. The lowest BCUT2D eigenvalue weighted by molar-refractivity contribution is -0.120. The summed E-state index contributed by atoms with van der Waals surface area (Å²) in [4.78, 5) is 29.2. The van der Waals surface area contributed by atoms with Crippen molar-refractivity contribution in [3.8, 4) is 5.75 Å². The fourth-order valence-corrected chi connectivity index (χ4v) is 4.42. The predicted molar refractivity (Wildman–Crippen MR) is 129 cm³/mol. The summed E-state index contributed by atoms with van der Waals surface area (Å²) in [6.45, 7) is 4.36. The molecule has 0 saturated heterocycles. The number of rotatable bonds is 7. The molecule has 0 unspecified atom stereocenters. The quantitative estimate of drug-likeness (QED) is 0.432. The maximum atomic E-state index is 13.5. The van der Waals surface area contributed by atoms with Crippen LogP contribution < -0.4 is 15.0 Å². The van der Waals surface area contributed by atoms with Gasteiger partial charge in [-0.25, -0.2) is 4.90 Å². The van der Waals surface area contributed by atoms with E-state index < -0.39 is 11.8 Å². The van der Waals surface area contributed by atoms with Gasteiger partial charge in [0.2, 0.25) is 0 Å². The summed E-state index contributed by atoms with van der Waals surface area (Å²) in [6, 6.07) is 21.9. The van der Waals surface area contributed by atoms with Crippen molar-refractivity contribution in [2.24, 2.45) is 0 Å². The van der Waals surface area contributed by atoms with E-state index >= 15 is 0 Å². The molecule has 0 saturated carbocycles. The molecule has 1 heterocycles. The van der Waals surface area contributed by atoms with Crippen LogP contribution in [0.2, 0.25) is 5.02 Å². The standard InChI is InChI=1S/C25H21ClN2O3S/c1-3-31-21-11-7-5-9-19(21)27-22-23(32-17-14-12-16(2)13-15-17)25(30)28(24(22)29)20-10-6-4-8-18(20)26/h4-15,27H,3H2,1-2H3. The number of aryl methyl sites for hydroxylation is 1. The van der Waals surface area contributed by atoms with Crippen molar-refractivity contribution in [2.45, 2.75) is 18.7 Å². The number of hydrogen-bond acceptors (Lipinski definition) is 5. The number of carbonyl (C=O) groups is 2. The van der Waals surface area contributed by atoms with Crippen molar-refractivity contribution in [1.82, 2.24) is 0 Å². The molecule has 4 rings (SSSR count). The number of halogens is 1. The van der Waals surface area contributed by atoms with Crippen LogP contribution in [0.5, 0.6) is 5.75 Å². The number of imide groups is 1. The van der Waals surface area contributed by atoms with E-state index in [-0.39, 0.29) is 5.70 Å². The molecule has 1 N–H and O–H groups in total. The first kappa shape index (κ1) is 22.0. The Morgan fingerprint density at radius 1 is 0.938 bits per heavy atom. The first-order valence-electron chi connectivity index (χ1n) is 10.1. The van der Waals surface area contributed by atoms with Crippen molar-refractivity contribution in [2.75, 3.05) is 16.8 Å². The Balaban J connectivity index is 1.77. The Morgan fingerprint density at radius 2 is 1.62 bits per heavy atom. The summed E-state index contributed by atoms with van der Waals surface area (Å²) < 4.78 is 5.68. The number of nitrogens with zero attached hydrogens (tertiary/aromatic N) is 1. The maximum absolute atomic E-state index is 13.5. The Hall–Kier alpha value is -3.22. The average Bonchev–Trinajstić information content (AvgIpc) is 3.01. The number of anilines is 2. The van der Waals surface area contributed by atoms with E-state index in [2.05, 4.69) is 5.32 Å². The van der Waals surface area contributed by atoms with Crippen LogP contribution in [0, 0.1) is 6.92 Å². The molecular formula is C25H21ClN2O3S. The van der Waals surface area contributed by atoms with E-state index in [0.29, 0.717) is 33.7 Å². The van der Waals surface area contributed by atoms with Gasteiger partial charge in [0.15, 0.2) is 0 Å². The molecule has 2 amide bonds. The molecule has 0 fully saturated rings. The van der Waals surface area contributed by atoms with Crippen molar-refractivity contribution in [1.29, 1.82) is 0 Å². The second-order valence-corrected chi connectivity index (χ2v) is 8.56. The van der Waals surface area contributed by atoms with Gasteiger partial charge in [-0.05, 0) is 50.2 Å². The zero-order valence-electron chi connectivity index (χ0n) is 17.6. The molecule has 1 aliphatic rings. The molecule has 0 aliphatic carbocycles. The lowest BCUT2D eigenvalue weighted by atomic mass is 10.2. The third-order valence-electron chi connectivity index (χ3n) is 4.82. The van der Waals surface area contributed by atoms with E-state index in [1.165, 1.54) is 11.8 Å². The van der Waals surface area contributed by atoms with Gasteiger partial charge in [0.25, 0.3) is 11.8 Å². The number of benzene rings is 3. The normalized spacial score (nSPS) is 13.7. The molecule has 1 aliphatic heterocycles. The number of carbonyl (C=O) groups excluding carboxylic acids is 2. The van der Waals surface area contributed by atoms with E-state index in [0.717, 1.165) is 15.4 Å². The Morgan fingerprint density at radius 3 is 2.34 bits per heavy atom. The molecule has 162 valence electrons. The van der Waals surface area contributed by atoms with Gasteiger partial charge in [0, 0.05) is 4.90 Å². The van der Waals surface area contributed by atoms with Crippen LogP contribution in [0.1, 0.15) is 12.5 Å². The van der Waals surface area contributed by atoms with Crippen LogP contribution in [-0.2, 0) is 9.59 Å². The minimum atomic E-state index is -0.469. The highest BCUT2D eigenvalue weighted by molar-refractivity contribution is 8.04. The molecule has 0 spiro atoms. The Kier molecular flexibility index (Phi) is 6.53. The van der Waals surface area contributed by atoms with Crippen LogP contribution in [0.4, 0.5) is 11.4 Å². The van der Waals surface area contributed by atoms with Crippen LogP contribution in [0.25, 0.3) is 0 Å². The van der Waals surface area contributed by atoms with E-state index in [9.17, 15) is 9.59 Å². The van der Waals surface area contributed by atoms with Gasteiger partial charge >= 0.3 is 0 Å². The minimum Gasteiger partial charge on any atom is -0.492 e. The zero-order chi connectivity index (χ0) is 22.7. The third kappa shape index (κ3) is 4.38. The average molecular weight is 465 g/mol. The number of ether oxygens (including phenoxy) is 1. The minimum absolute atomic E-state index is 0.188. The molecular weight excluding hydrogens is 444 g/mol. The van der Waals surface area contributed by atoms with Gasteiger partial charge < -0.3 is 10.1 Å². The van der Waals surface area contributed by atoms with Crippen molar-refractivity contribution in [3.05, 3.63) is 94.0 Å². The predicted octanol–water partition coefficient (Wildman–Crippen LogP) is 6.04. The van der Waals surface area contributed by atoms with Gasteiger partial charge in [-0.1, -0.05) is 65.3 Å². The topological polar surface area (TPSA) is 58.6 Å². The number of hydrogen-bond donors (Lipinski definition) is 1. The lowest BCUT2D eigenvalue weighted by Gasteiger charge is -2.17. The zero-order valence-corrected chi connectivity index (χ0v) is 19.2. The molecule has 3 aromatic carbocycles. The summed E-state index contributed by atoms with van der Waals surface area (Å²) >= 11 is 7.57. The number of amides is 2. The second-order valence-electron chi connectivity index (χ2n) is 7.07. The fourth-order valence-electron chi connectivity index (χ4n) is 3.28. The third-order valence-corrected chi connectivity index (χ3v) is 6.23. The monoisotopic (exact) mass is 464 g/mol. The molecule has 0 radical (unpaired) electrons. The highest BCUT2D eigenvalue weighted by atomic mass is 35.5. The van der Waals surface area contributed by atoms with Crippen LogP contribution in [0.15, 0.2) is 88.3 Å². The van der Waals surface area contributed by atoms with Gasteiger partial charge in [0.1, 0.15) is 16.4 Å². The summed E-state index contributed by atoms with van der Waals surface area (Å²) in [6.07, 6.45) is 0. The smallest absolute Gasteiger partial charge is 0.283 e. The summed E-state index contributed by atoms with van der Waals surface area (Å²) in [5.74, 6) is -0.298. The number of thioether (sulfide) groups is 1. The molecule has 3 aromatic rings. The van der Waals surface area contributed by atoms with E-state index in [1.54, 1.807) is 24.3 Å². The molecule has 5 nitrogen and oxygen atoms in total. The van der Waals surface area contributed by atoms with Crippen LogP contribution in [-0.4, -0.2) is 18.4 Å². The largest absolute Gasteiger partial charge is 0.492 e. The second kappa shape index (κ2) is 9.51. The summed E-state index contributed by atoms with van der Waals surface area (Å²) in [5, 5.41) is 3.48. The first-order valence-corrected chi connectivity index (χ1v) is 11.3. The van der Waals surface area contributed by atoms with E-state index in [1.807, 2.05) is 62.4 Å². The number of nitrogens with one attached hydrogen (secondary N) is 1. The fraction of sp³-hybridized carbons (Fsp3) is 0.120. The number of para-hydroxylation sites is 3. The van der Waals surface area contributed by atoms with Crippen molar-refractivity contribution < 1.29 is 14.3 Å². The Bertz CT molecular complexity index is 1210. The lowest BCUT2D eigenvalue weighted by Crippen LogP contribution is -2.32. The summed E-state index contributed by atoms with van der Waals surface area (Å²) in [7, 11) is 0. The van der Waals surface area contributed by atoms with Crippen molar-refractivity contribution >= 4 is 46.6 Å². The maximum Gasteiger partial charge on any atom is 0.283 e. The first-order chi connectivity index (χ1) is 15.5. The van der Waals surface area contributed by atoms with Gasteiger partial charge in [-0.3, -0.25) is 9.59 Å². The Labute approximate surface area is 196 Å².